The van der Waals surface area contributed by atoms with Crippen molar-refractivity contribution >= 4 is 21.8 Å². The third kappa shape index (κ3) is 4.19. The Balaban J connectivity index is 1.77. The van der Waals surface area contributed by atoms with E-state index in [2.05, 4.69) is 4.40 Å². The van der Waals surface area contributed by atoms with Crippen molar-refractivity contribution in [1.82, 2.24) is 9.80 Å². The number of hydrogen-bond acceptors (Lipinski definition) is 5. The maximum Gasteiger partial charge on any atom is 0.256 e. The average molecular weight is 393 g/mol. The number of benzene rings is 1. The van der Waals surface area contributed by atoms with Gasteiger partial charge in [-0.25, -0.2) is 12.8 Å². The summed E-state index contributed by atoms with van der Waals surface area (Å²) in [5.41, 5.74) is 1.07. The lowest BCUT2D eigenvalue weighted by Gasteiger charge is -2.29. The Bertz CT molecular complexity index is 953. The predicted octanol–water partition coefficient (Wildman–Crippen LogP) is 1.68. The van der Waals surface area contributed by atoms with Crippen LogP contribution in [0.15, 0.2) is 46.5 Å². The summed E-state index contributed by atoms with van der Waals surface area (Å²) in [7, 11) is -2.04. The van der Waals surface area contributed by atoms with E-state index in [1.54, 1.807) is 28.1 Å². The summed E-state index contributed by atoms with van der Waals surface area (Å²) < 4.78 is 45.6. The molecule has 0 fully saturated rings. The second kappa shape index (κ2) is 7.51. The summed E-state index contributed by atoms with van der Waals surface area (Å²) in [6, 6.07) is 4.59. The summed E-state index contributed by atoms with van der Waals surface area (Å²) in [5.74, 6) is -0.343. The van der Waals surface area contributed by atoms with Crippen LogP contribution in [0, 0.1) is 5.82 Å². The predicted molar refractivity (Wildman–Crippen MR) is 99.2 cm³/mol. The van der Waals surface area contributed by atoms with Crippen LogP contribution in [0.4, 0.5) is 4.39 Å². The van der Waals surface area contributed by atoms with Crippen LogP contribution in [-0.2, 0) is 21.4 Å². The molecule has 3 rings (SSSR count). The maximum absolute atomic E-state index is 13.9. The third-order valence-corrected chi connectivity index (χ3v) is 5.49. The lowest BCUT2D eigenvalue weighted by molar-refractivity contribution is -0.127. The molecular formula is C18H20FN3O4S. The molecule has 1 aromatic carbocycles. The number of hydrogen-bond donors (Lipinski definition) is 0. The first-order valence-electron chi connectivity index (χ1n) is 8.44. The van der Waals surface area contributed by atoms with Crippen molar-refractivity contribution in [2.75, 3.05) is 26.0 Å². The van der Waals surface area contributed by atoms with Gasteiger partial charge in [-0.2, -0.15) is 0 Å². The molecule has 0 atom stereocenters. The molecule has 0 aliphatic carbocycles. The van der Waals surface area contributed by atoms with Crippen LogP contribution in [-0.4, -0.2) is 55.9 Å². The van der Waals surface area contributed by atoms with Crippen LogP contribution in [0.5, 0.6) is 5.75 Å². The lowest BCUT2D eigenvalue weighted by atomic mass is 10.1. The molecule has 7 nitrogen and oxygen atoms in total. The van der Waals surface area contributed by atoms with Gasteiger partial charge in [0.05, 0.1) is 18.4 Å². The molecule has 144 valence electrons. The maximum atomic E-state index is 13.9. The van der Waals surface area contributed by atoms with Crippen molar-refractivity contribution < 1.29 is 22.3 Å². The van der Waals surface area contributed by atoms with E-state index in [9.17, 15) is 17.6 Å². The largest absolute Gasteiger partial charge is 0.494 e. The van der Waals surface area contributed by atoms with E-state index in [0.717, 1.165) is 0 Å². The summed E-state index contributed by atoms with van der Waals surface area (Å²) in [6.45, 7) is 2.77. The van der Waals surface area contributed by atoms with Gasteiger partial charge in [-0.3, -0.25) is 4.79 Å². The number of amidine groups is 1. The van der Waals surface area contributed by atoms with Crippen molar-refractivity contribution in [2.45, 2.75) is 13.5 Å². The number of ether oxygens (including phenoxy) is 1. The molecule has 1 amide bonds. The monoisotopic (exact) mass is 393 g/mol. The van der Waals surface area contributed by atoms with Crippen LogP contribution >= 0.6 is 0 Å². The quantitative estimate of drug-likeness (QED) is 0.761. The summed E-state index contributed by atoms with van der Waals surface area (Å²) in [6.07, 6.45) is 4.67. The number of carbonyl (C=O) groups is 1. The van der Waals surface area contributed by atoms with E-state index in [1.165, 1.54) is 25.3 Å². The van der Waals surface area contributed by atoms with Gasteiger partial charge in [0, 0.05) is 25.8 Å². The van der Waals surface area contributed by atoms with Gasteiger partial charge in [0.1, 0.15) is 5.84 Å². The minimum Gasteiger partial charge on any atom is -0.494 e. The minimum absolute atomic E-state index is 0.0923. The first-order chi connectivity index (χ1) is 12.8. The van der Waals surface area contributed by atoms with E-state index in [-0.39, 0.29) is 30.5 Å². The molecule has 1 aromatic rings. The molecule has 0 radical (unpaired) electrons. The van der Waals surface area contributed by atoms with Gasteiger partial charge in [0.2, 0.25) is 0 Å². The number of carbonyl (C=O) groups excluding carboxylic acids is 1. The molecule has 0 N–H and O–H groups in total. The second-order valence-corrected chi connectivity index (χ2v) is 7.89. The molecular weight excluding hydrogens is 373 g/mol. The number of amides is 1. The number of methoxy groups -OCH3 is 1. The van der Waals surface area contributed by atoms with Gasteiger partial charge in [-0.1, -0.05) is 6.07 Å². The van der Waals surface area contributed by atoms with Crippen molar-refractivity contribution in [1.29, 1.82) is 0 Å². The molecule has 0 saturated carbocycles. The number of sulfonamides is 1. The molecule has 0 spiro atoms. The Kier molecular flexibility index (Phi) is 5.31. The number of rotatable bonds is 5. The zero-order chi connectivity index (χ0) is 19.6. The van der Waals surface area contributed by atoms with Crippen molar-refractivity contribution in [3.63, 3.8) is 0 Å². The highest BCUT2D eigenvalue weighted by Crippen LogP contribution is 2.21. The highest BCUT2D eigenvalue weighted by Gasteiger charge is 2.26. The number of halogens is 1. The van der Waals surface area contributed by atoms with Crippen LogP contribution in [0.3, 0.4) is 0 Å². The van der Waals surface area contributed by atoms with Gasteiger partial charge >= 0.3 is 0 Å². The fraction of sp³-hybridized carbons (Fsp3) is 0.333. The Morgan fingerprint density at radius 3 is 2.81 bits per heavy atom. The Labute approximate surface area is 157 Å². The van der Waals surface area contributed by atoms with E-state index in [1.807, 2.05) is 6.92 Å². The molecule has 9 heteroatoms. The number of fused-ring (bicyclic) bond motifs is 1. The molecule has 27 heavy (non-hydrogen) atoms. The summed E-state index contributed by atoms with van der Waals surface area (Å²) in [4.78, 5) is 16.1. The van der Waals surface area contributed by atoms with Gasteiger partial charge in [-0.15, -0.1) is 4.40 Å². The molecule has 0 bridgehead atoms. The lowest BCUT2D eigenvalue weighted by Crippen LogP contribution is -2.39. The van der Waals surface area contributed by atoms with Crippen LogP contribution in [0.1, 0.15) is 12.5 Å². The zero-order valence-corrected chi connectivity index (χ0v) is 15.9. The first kappa shape index (κ1) is 19.1. The fourth-order valence-electron chi connectivity index (χ4n) is 2.87. The molecule has 0 saturated heterocycles. The fourth-order valence-corrected chi connectivity index (χ4v) is 3.84. The normalized spacial score (nSPS) is 17.7. The van der Waals surface area contributed by atoms with Crippen molar-refractivity contribution in [2.24, 2.45) is 4.40 Å². The first-order valence-corrected chi connectivity index (χ1v) is 10.0. The van der Waals surface area contributed by atoms with Crippen LogP contribution in [0.2, 0.25) is 0 Å². The highest BCUT2D eigenvalue weighted by molar-refractivity contribution is 7.90. The average Bonchev–Trinajstić information content (AvgIpc) is 2.64. The van der Waals surface area contributed by atoms with E-state index in [0.29, 0.717) is 23.5 Å². The van der Waals surface area contributed by atoms with Crippen molar-refractivity contribution in [3.05, 3.63) is 53.5 Å². The second-order valence-electron chi connectivity index (χ2n) is 6.13. The highest BCUT2D eigenvalue weighted by atomic mass is 32.2. The molecule has 2 aliphatic rings. The third-order valence-electron chi connectivity index (χ3n) is 4.33. The molecule has 2 heterocycles. The Hall–Kier alpha value is -2.68. The summed E-state index contributed by atoms with van der Waals surface area (Å²) >= 11 is 0. The van der Waals surface area contributed by atoms with Gasteiger partial charge in [0.15, 0.2) is 11.6 Å². The SMILES string of the molecule is CCN(Cc1ccc(OC)c(F)c1)C(=O)C1=CN2CCS(=O)(=O)N=C2C=C1. The van der Waals surface area contributed by atoms with Gasteiger partial charge in [-0.05, 0) is 36.8 Å². The number of likely N-dealkylation sites (N-methyl/N-ethyl adjacent to an activating group) is 1. The van der Waals surface area contributed by atoms with E-state index in [4.69, 9.17) is 4.74 Å². The Morgan fingerprint density at radius 1 is 1.37 bits per heavy atom. The van der Waals surface area contributed by atoms with Crippen molar-refractivity contribution in [3.8, 4) is 5.75 Å². The molecule has 0 aromatic heterocycles. The summed E-state index contributed by atoms with van der Waals surface area (Å²) in [5, 5.41) is 0. The Morgan fingerprint density at radius 2 is 2.15 bits per heavy atom. The topological polar surface area (TPSA) is 79.3 Å². The zero-order valence-electron chi connectivity index (χ0n) is 15.1. The van der Waals surface area contributed by atoms with Crippen LogP contribution < -0.4 is 4.74 Å². The molecule has 2 aliphatic heterocycles. The minimum atomic E-state index is -3.44. The van der Waals surface area contributed by atoms with Gasteiger partial charge < -0.3 is 14.5 Å². The van der Waals surface area contributed by atoms with E-state index >= 15 is 0 Å². The van der Waals surface area contributed by atoms with Gasteiger partial charge in [0.25, 0.3) is 15.9 Å². The standard InChI is InChI=1S/C18H20FN3O4S/c1-3-21(11-13-4-6-16(26-2)15(19)10-13)18(23)14-5-7-17-20-27(24,25)9-8-22(17)12-14/h4-7,10,12H,3,8-9,11H2,1-2H3. The smallest absolute Gasteiger partial charge is 0.256 e. The number of nitrogens with zero attached hydrogens (tertiary/aromatic N) is 3. The van der Waals surface area contributed by atoms with Crippen LogP contribution in [0.25, 0.3) is 0 Å². The van der Waals surface area contributed by atoms with E-state index < -0.39 is 15.8 Å². The molecule has 0 unspecified atom stereocenters.